The van der Waals surface area contributed by atoms with Crippen molar-refractivity contribution < 1.29 is 0 Å². The number of nitrogen functional groups attached to an aromatic ring is 1. The highest BCUT2D eigenvalue weighted by Crippen LogP contribution is 2.20. The van der Waals surface area contributed by atoms with Gasteiger partial charge in [-0.25, -0.2) is 4.98 Å². The Kier molecular flexibility index (Phi) is 7.07. The molecule has 3 rings (SSSR count). The van der Waals surface area contributed by atoms with Crippen molar-refractivity contribution in [1.82, 2.24) is 20.5 Å². The summed E-state index contributed by atoms with van der Waals surface area (Å²) in [6.07, 6.45) is 0.964. The molecule has 2 atom stereocenters. The minimum Gasteiger partial charge on any atom is -0.384 e. The van der Waals surface area contributed by atoms with Crippen LogP contribution in [0.25, 0.3) is 0 Å². The summed E-state index contributed by atoms with van der Waals surface area (Å²) in [7, 11) is 2.21. The Morgan fingerprint density at radius 2 is 2.04 bits per heavy atom. The Hall–Kier alpha value is -1.66. The van der Waals surface area contributed by atoms with Gasteiger partial charge in [-0.2, -0.15) is 0 Å². The fourth-order valence-electron chi connectivity index (χ4n) is 3.84. The fraction of sp³-hybridized carbons (Fsp3) is 0.476. The lowest BCUT2D eigenvalue weighted by atomic mass is 9.96. The molecule has 1 aromatic carbocycles. The number of aromatic nitrogens is 1. The standard InChI is InChI=1S/C21H30ClN5/c1-15-9-19(26-21(23)10-15)11-17-13-25-14-20(17)27(2)8-7-24-12-16-3-5-18(22)6-4-16/h3-6,9-10,17,20,24-25H,7-8,11-14H2,1-2H3,(H2,23,26)/t17-,20+/m0/s1. The number of anilines is 1. The zero-order chi connectivity index (χ0) is 19.2. The van der Waals surface area contributed by atoms with E-state index in [-0.39, 0.29) is 0 Å². The number of halogens is 1. The minimum absolute atomic E-state index is 0.519. The van der Waals surface area contributed by atoms with E-state index < -0.39 is 0 Å². The molecule has 1 aromatic heterocycles. The Morgan fingerprint density at radius 1 is 1.26 bits per heavy atom. The second kappa shape index (κ2) is 9.51. The number of hydrogen-bond acceptors (Lipinski definition) is 5. The van der Waals surface area contributed by atoms with Crippen LogP contribution in [0.4, 0.5) is 5.82 Å². The number of rotatable bonds is 8. The van der Waals surface area contributed by atoms with E-state index in [1.807, 2.05) is 18.2 Å². The fourth-order valence-corrected chi connectivity index (χ4v) is 3.97. The Balaban J connectivity index is 1.46. The molecule has 0 spiro atoms. The van der Waals surface area contributed by atoms with Gasteiger partial charge in [0.15, 0.2) is 0 Å². The number of benzene rings is 1. The van der Waals surface area contributed by atoms with Crippen LogP contribution in [-0.4, -0.2) is 49.2 Å². The molecule has 6 heteroatoms. The van der Waals surface area contributed by atoms with Crippen LogP contribution in [0.3, 0.4) is 0 Å². The summed E-state index contributed by atoms with van der Waals surface area (Å²) in [6.45, 7) is 6.97. The van der Waals surface area contributed by atoms with Gasteiger partial charge in [0, 0.05) is 42.9 Å². The van der Waals surface area contributed by atoms with Crippen molar-refractivity contribution in [2.24, 2.45) is 5.92 Å². The molecule has 0 saturated carbocycles. The van der Waals surface area contributed by atoms with E-state index in [0.717, 1.165) is 49.9 Å². The first-order valence-electron chi connectivity index (χ1n) is 9.60. The van der Waals surface area contributed by atoms with Crippen LogP contribution in [0.5, 0.6) is 0 Å². The highest BCUT2D eigenvalue weighted by molar-refractivity contribution is 6.30. The highest BCUT2D eigenvalue weighted by Gasteiger charge is 2.30. The average Bonchev–Trinajstić information content (AvgIpc) is 3.07. The number of aryl methyl sites for hydroxylation is 1. The second-order valence-corrected chi connectivity index (χ2v) is 7.97. The van der Waals surface area contributed by atoms with E-state index in [4.69, 9.17) is 17.3 Å². The van der Waals surface area contributed by atoms with Crippen molar-refractivity contribution in [3.8, 4) is 0 Å². The van der Waals surface area contributed by atoms with Crippen LogP contribution < -0.4 is 16.4 Å². The number of likely N-dealkylation sites (N-methyl/N-ethyl adjacent to an activating group) is 1. The van der Waals surface area contributed by atoms with Crippen molar-refractivity contribution in [2.45, 2.75) is 25.9 Å². The van der Waals surface area contributed by atoms with Crippen LogP contribution in [0.2, 0.25) is 5.02 Å². The van der Waals surface area contributed by atoms with E-state index in [2.05, 4.69) is 52.7 Å². The molecule has 146 valence electrons. The molecule has 1 saturated heterocycles. The molecular weight excluding hydrogens is 358 g/mol. The van der Waals surface area contributed by atoms with Crippen LogP contribution in [-0.2, 0) is 13.0 Å². The molecule has 1 aliphatic rings. The van der Waals surface area contributed by atoms with Gasteiger partial charge in [0.25, 0.3) is 0 Å². The SMILES string of the molecule is Cc1cc(N)nc(C[C@H]2CNC[C@H]2N(C)CCNCc2ccc(Cl)cc2)c1. The lowest BCUT2D eigenvalue weighted by molar-refractivity contribution is 0.210. The molecule has 27 heavy (non-hydrogen) atoms. The summed E-state index contributed by atoms with van der Waals surface area (Å²) in [6, 6.07) is 12.6. The van der Waals surface area contributed by atoms with Gasteiger partial charge in [0.2, 0.25) is 0 Å². The Labute approximate surface area is 167 Å². The monoisotopic (exact) mass is 387 g/mol. The average molecular weight is 388 g/mol. The lowest BCUT2D eigenvalue weighted by Gasteiger charge is -2.29. The smallest absolute Gasteiger partial charge is 0.123 e. The minimum atomic E-state index is 0.519. The molecule has 0 radical (unpaired) electrons. The van der Waals surface area contributed by atoms with Gasteiger partial charge in [0.05, 0.1) is 0 Å². The van der Waals surface area contributed by atoms with Gasteiger partial charge in [-0.3, -0.25) is 0 Å². The van der Waals surface area contributed by atoms with Crippen LogP contribution in [0, 0.1) is 12.8 Å². The molecular formula is C21H30ClN5. The molecule has 0 amide bonds. The predicted molar refractivity (Wildman–Crippen MR) is 113 cm³/mol. The topological polar surface area (TPSA) is 66.2 Å². The van der Waals surface area contributed by atoms with E-state index in [1.165, 1.54) is 11.1 Å². The number of pyridine rings is 1. The van der Waals surface area contributed by atoms with Crippen molar-refractivity contribution in [2.75, 3.05) is 39.0 Å². The first-order chi connectivity index (χ1) is 13.0. The Morgan fingerprint density at radius 3 is 2.78 bits per heavy atom. The van der Waals surface area contributed by atoms with Crippen LogP contribution in [0.15, 0.2) is 36.4 Å². The zero-order valence-corrected chi connectivity index (χ0v) is 17.0. The van der Waals surface area contributed by atoms with Gasteiger partial charge < -0.3 is 21.3 Å². The molecule has 2 aromatic rings. The van der Waals surface area contributed by atoms with Gasteiger partial charge in [0.1, 0.15) is 5.82 Å². The van der Waals surface area contributed by atoms with Gasteiger partial charge in [-0.15, -0.1) is 0 Å². The van der Waals surface area contributed by atoms with Crippen molar-refractivity contribution >= 4 is 17.4 Å². The summed E-state index contributed by atoms with van der Waals surface area (Å²) in [5.74, 6) is 1.17. The number of nitrogens with zero attached hydrogens (tertiary/aromatic N) is 2. The largest absolute Gasteiger partial charge is 0.384 e. The maximum Gasteiger partial charge on any atom is 0.123 e. The number of nitrogens with two attached hydrogens (primary N) is 1. The number of nitrogens with one attached hydrogen (secondary N) is 2. The molecule has 0 unspecified atom stereocenters. The van der Waals surface area contributed by atoms with Crippen molar-refractivity contribution in [1.29, 1.82) is 0 Å². The van der Waals surface area contributed by atoms with Gasteiger partial charge in [-0.1, -0.05) is 23.7 Å². The molecule has 5 nitrogen and oxygen atoms in total. The molecule has 2 heterocycles. The summed E-state index contributed by atoms with van der Waals surface area (Å²) in [4.78, 5) is 6.97. The molecule has 1 fully saturated rings. The maximum atomic E-state index is 5.93. The van der Waals surface area contributed by atoms with E-state index >= 15 is 0 Å². The summed E-state index contributed by atoms with van der Waals surface area (Å²) in [5, 5.41) is 7.84. The first kappa shape index (κ1) is 20.1. The second-order valence-electron chi connectivity index (χ2n) is 7.53. The Bertz CT molecular complexity index is 714. The lowest BCUT2D eigenvalue weighted by Crippen LogP contribution is -2.42. The van der Waals surface area contributed by atoms with Crippen molar-refractivity contribution in [3.63, 3.8) is 0 Å². The molecule has 0 bridgehead atoms. The summed E-state index contributed by atoms with van der Waals surface area (Å²) in [5.41, 5.74) is 9.45. The third-order valence-electron chi connectivity index (χ3n) is 5.27. The molecule has 1 aliphatic heterocycles. The van der Waals surface area contributed by atoms with E-state index in [9.17, 15) is 0 Å². The summed E-state index contributed by atoms with van der Waals surface area (Å²) < 4.78 is 0. The van der Waals surface area contributed by atoms with Gasteiger partial charge >= 0.3 is 0 Å². The number of hydrogen-bond donors (Lipinski definition) is 3. The van der Waals surface area contributed by atoms with E-state index in [1.54, 1.807) is 0 Å². The molecule has 0 aliphatic carbocycles. The highest BCUT2D eigenvalue weighted by atomic mass is 35.5. The predicted octanol–water partition coefficient (Wildman–Crippen LogP) is 2.48. The summed E-state index contributed by atoms with van der Waals surface area (Å²) >= 11 is 5.93. The van der Waals surface area contributed by atoms with Crippen molar-refractivity contribution in [3.05, 3.63) is 58.2 Å². The zero-order valence-electron chi connectivity index (χ0n) is 16.2. The first-order valence-corrected chi connectivity index (χ1v) is 9.98. The maximum absolute atomic E-state index is 5.93. The van der Waals surface area contributed by atoms with Gasteiger partial charge in [-0.05, 0) is 68.2 Å². The third-order valence-corrected chi connectivity index (χ3v) is 5.52. The third kappa shape index (κ3) is 5.91. The van der Waals surface area contributed by atoms with Crippen LogP contribution >= 0.6 is 11.6 Å². The quantitative estimate of drug-likeness (QED) is 0.607. The van der Waals surface area contributed by atoms with Crippen LogP contribution in [0.1, 0.15) is 16.8 Å². The van der Waals surface area contributed by atoms with E-state index in [0.29, 0.717) is 17.8 Å². The normalized spacial score (nSPS) is 19.7. The molecule has 4 N–H and O–H groups in total.